The molecule has 4 aliphatic rings. The number of hydrogen-bond acceptors (Lipinski definition) is 19. The van der Waals surface area contributed by atoms with E-state index in [2.05, 4.69) is 89.5 Å². The molecule has 9 aromatic carbocycles. The first kappa shape index (κ1) is 80.8. The second kappa shape index (κ2) is 33.1. The van der Waals surface area contributed by atoms with E-state index in [0.717, 1.165) is 60.4 Å². The number of methoxy groups -OCH3 is 2. The number of amides is 6. The maximum Gasteiger partial charge on any atom is 0.501 e. The molecule has 2 atom stereocenters. The lowest BCUT2D eigenvalue weighted by Gasteiger charge is -2.39. The fourth-order valence-electron chi connectivity index (χ4n) is 16.2. The van der Waals surface area contributed by atoms with E-state index in [1.54, 1.807) is 69.6 Å². The van der Waals surface area contributed by atoms with Crippen LogP contribution in [0.1, 0.15) is 165 Å². The summed E-state index contributed by atoms with van der Waals surface area (Å²) in [6, 6.07) is 31.3. The molecular formula is C87H104N6O17Si2. The third-order valence-electron chi connectivity index (χ3n) is 22.9. The fraction of sp³-hybridized carbons (Fsp3) is 0.425. The Hall–Kier alpha value is -9.23. The number of carbonyl (C=O) groups is 6. The highest BCUT2D eigenvalue weighted by Crippen LogP contribution is 2.59. The van der Waals surface area contributed by atoms with Crippen molar-refractivity contribution in [3.05, 3.63) is 164 Å². The van der Waals surface area contributed by atoms with Crippen LogP contribution >= 0.6 is 0 Å². The van der Waals surface area contributed by atoms with Crippen LogP contribution in [0.5, 0.6) is 46.0 Å². The van der Waals surface area contributed by atoms with Crippen LogP contribution in [0.3, 0.4) is 0 Å². The number of ether oxygens (including phenoxy) is 6. The first-order chi connectivity index (χ1) is 53.6. The van der Waals surface area contributed by atoms with Crippen LogP contribution in [0.25, 0.3) is 43.1 Å². The van der Waals surface area contributed by atoms with Crippen LogP contribution in [0.15, 0.2) is 97.1 Å². The topological polar surface area (TPSA) is 223 Å². The molecule has 2 saturated heterocycles. The molecule has 112 heavy (non-hydrogen) atoms. The molecule has 4 aliphatic heterocycles. The Balaban J connectivity index is 1.12. The molecule has 0 N–H and O–H groups in total. The molecule has 0 spiro atoms. The Labute approximate surface area is 658 Å². The minimum Gasteiger partial charge on any atom is -0.456 e. The first-order valence-electron chi connectivity index (χ1n) is 38.7. The van der Waals surface area contributed by atoms with Gasteiger partial charge in [0.15, 0.2) is 0 Å². The molecule has 0 aliphatic carbocycles. The van der Waals surface area contributed by atoms with E-state index in [1.165, 1.54) is 14.2 Å². The van der Waals surface area contributed by atoms with Crippen molar-refractivity contribution in [1.29, 1.82) is 0 Å². The quantitative estimate of drug-likeness (QED) is 0.0184. The van der Waals surface area contributed by atoms with Crippen molar-refractivity contribution in [2.24, 2.45) is 0 Å². The summed E-state index contributed by atoms with van der Waals surface area (Å²) in [4.78, 5) is 106. The summed E-state index contributed by atoms with van der Waals surface area (Å²) >= 11 is 0. The fourth-order valence-corrected chi connectivity index (χ4v) is 19.1. The number of rotatable bonds is 29. The predicted octanol–water partition coefficient (Wildman–Crippen LogP) is 15.5. The van der Waals surface area contributed by atoms with Crippen LogP contribution in [0.2, 0.25) is 12.1 Å². The van der Waals surface area contributed by atoms with Crippen LogP contribution in [0, 0.1) is 27.7 Å². The Bertz CT molecular complexity index is 4690. The molecular weight excluding hydrogens is 1460 g/mol. The summed E-state index contributed by atoms with van der Waals surface area (Å²) < 4.78 is 70.6. The Kier molecular flexibility index (Phi) is 23.9. The molecule has 25 heteroatoms. The van der Waals surface area contributed by atoms with Gasteiger partial charge < -0.3 is 60.4 Å². The standard InChI is InChI=1S/C87H104N6O17Si2/c1-48(2)56-20-24-64(52(9)40-56)107-68-44-60-72-61(81(95)92(80(60)94)86(100-13)84(98)90-32-28-88(29-33-90)36-38-111(102-15)103-16)45-69(108-65-25-21-57(49(3)4)41-53(65)10)75-77-71(110-67-27-23-59(51(7)8)43-55(67)12)47-63-73-62(46-70(76(79(73)77)74(68)78(72)75)109-66-26-22-58(50(5)6)42-54(66)11)82(96)93(83(63)97)87(101-14)85(99)91-34-30-89(31-35-91)37-39-112(104-17,105-18)106-19/h20-27,40-51,86-87,111H,28-39H2,1-19H3. The minimum atomic E-state index is -2.94. The van der Waals surface area contributed by atoms with Gasteiger partial charge in [0.1, 0.15) is 46.0 Å². The average molecular weight is 1560 g/mol. The Morgan fingerprint density at radius 3 is 0.884 bits per heavy atom. The van der Waals surface area contributed by atoms with Crippen molar-refractivity contribution in [3.8, 4) is 46.0 Å². The van der Waals surface area contributed by atoms with Gasteiger partial charge in [0.2, 0.25) is 12.5 Å². The van der Waals surface area contributed by atoms with E-state index in [4.69, 9.17) is 50.6 Å². The van der Waals surface area contributed by atoms with Gasteiger partial charge in [0.05, 0.1) is 22.3 Å². The maximum absolute atomic E-state index is 16.5. The van der Waals surface area contributed by atoms with Crippen molar-refractivity contribution in [2.75, 3.05) is 115 Å². The summed E-state index contributed by atoms with van der Waals surface area (Å²) in [6.45, 7) is 28.9. The van der Waals surface area contributed by atoms with Crippen LogP contribution in [-0.4, -0.2) is 211 Å². The van der Waals surface area contributed by atoms with E-state index in [0.29, 0.717) is 95.2 Å². The van der Waals surface area contributed by atoms with E-state index >= 15 is 28.8 Å². The van der Waals surface area contributed by atoms with Gasteiger partial charge in [-0.2, -0.15) is 0 Å². The molecule has 592 valence electrons. The zero-order chi connectivity index (χ0) is 80.2. The monoisotopic (exact) mass is 1560 g/mol. The number of aryl methyl sites for hydroxylation is 4. The summed E-state index contributed by atoms with van der Waals surface area (Å²) in [5.41, 5.74) is 7.13. The predicted molar refractivity (Wildman–Crippen MR) is 435 cm³/mol. The smallest absolute Gasteiger partial charge is 0.456 e. The van der Waals surface area contributed by atoms with Gasteiger partial charge in [-0.05, 0) is 144 Å². The molecule has 6 amide bonds. The van der Waals surface area contributed by atoms with Gasteiger partial charge in [0.25, 0.3) is 35.4 Å². The minimum absolute atomic E-state index is 0.0105. The zero-order valence-electron chi connectivity index (χ0n) is 67.9. The van der Waals surface area contributed by atoms with Crippen molar-refractivity contribution in [3.63, 3.8) is 0 Å². The van der Waals surface area contributed by atoms with E-state index < -0.39 is 66.0 Å². The summed E-state index contributed by atoms with van der Waals surface area (Å²) in [5, 5.41) is 2.13. The second-order valence-electron chi connectivity index (χ2n) is 31.0. The molecule has 13 rings (SSSR count). The van der Waals surface area contributed by atoms with E-state index in [-0.39, 0.29) is 111 Å². The van der Waals surface area contributed by atoms with Crippen LogP contribution in [-0.2, 0) is 41.2 Å². The highest BCUT2D eigenvalue weighted by atomic mass is 28.4. The van der Waals surface area contributed by atoms with Gasteiger partial charge >= 0.3 is 18.1 Å². The third-order valence-corrected chi connectivity index (χ3v) is 27.4. The molecule has 0 aromatic heterocycles. The van der Waals surface area contributed by atoms with E-state index in [1.807, 2.05) is 76.2 Å². The van der Waals surface area contributed by atoms with Gasteiger partial charge in [-0.25, -0.2) is 9.80 Å². The average Bonchev–Trinajstić information content (AvgIpc) is 0.669. The van der Waals surface area contributed by atoms with Crippen molar-refractivity contribution < 1.29 is 79.3 Å². The lowest BCUT2D eigenvalue weighted by Crippen LogP contribution is -2.59. The molecule has 2 unspecified atom stereocenters. The van der Waals surface area contributed by atoms with Gasteiger partial charge in [-0.1, -0.05) is 104 Å². The first-order valence-corrected chi connectivity index (χ1v) is 42.4. The Morgan fingerprint density at radius 1 is 0.366 bits per heavy atom. The van der Waals surface area contributed by atoms with Crippen LogP contribution in [0.4, 0.5) is 0 Å². The van der Waals surface area contributed by atoms with Crippen LogP contribution < -0.4 is 18.9 Å². The highest BCUT2D eigenvalue weighted by Gasteiger charge is 2.49. The normalized spacial score (nSPS) is 15.9. The molecule has 0 saturated carbocycles. The van der Waals surface area contributed by atoms with E-state index in [9.17, 15) is 0 Å². The number of piperazine rings is 2. The number of nitrogens with zero attached hydrogens (tertiary/aromatic N) is 6. The molecule has 4 heterocycles. The highest BCUT2D eigenvalue weighted by molar-refractivity contribution is 6.60. The van der Waals surface area contributed by atoms with Gasteiger partial charge in [0, 0.05) is 170 Å². The molecule has 23 nitrogen and oxygen atoms in total. The number of carbonyl (C=O) groups excluding carboxylic acids is 6. The number of fused-ring (bicyclic) bond motifs is 2. The molecule has 0 radical (unpaired) electrons. The van der Waals surface area contributed by atoms with Crippen molar-refractivity contribution in [1.82, 2.24) is 29.4 Å². The Morgan fingerprint density at radius 2 is 0.643 bits per heavy atom. The largest absolute Gasteiger partial charge is 0.501 e. The number of imide groups is 2. The number of hydrogen-bond donors (Lipinski definition) is 0. The zero-order valence-corrected chi connectivity index (χ0v) is 70.0. The lowest BCUT2D eigenvalue weighted by molar-refractivity contribution is -0.151. The second-order valence-corrected chi connectivity index (χ2v) is 36.5. The maximum atomic E-state index is 16.5. The molecule has 0 bridgehead atoms. The molecule has 2 fully saturated rings. The summed E-state index contributed by atoms with van der Waals surface area (Å²) in [7, 11) is 5.82. The van der Waals surface area contributed by atoms with Crippen molar-refractivity contribution in [2.45, 2.75) is 131 Å². The summed E-state index contributed by atoms with van der Waals surface area (Å²) in [6.07, 6.45) is -3.50. The molecule has 9 aromatic rings. The number of benzene rings is 9. The van der Waals surface area contributed by atoms with Gasteiger partial charge in [-0.3, -0.25) is 38.6 Å². The third kappa shape index (κ3) is 15.0. The van der Waals surface area contributed by atoms with Gasteiger partial charge in [-0.15, -0.1) is 0 Å². The van der Waals surface area contributed by atoms with Crippen molar-refractivity contribution >= 4 is 96.6 Å². The summed E-state index contributed by atoms with van der Waals surface area (Å²) in [5.74, 6) is -2.00. The lowest BCUT2D eigenvalue weighted by atomic mass is 9.80. The SMILES string of the molecule is COC(C(=O)N1CCN(CC[SiH](OC)OC)CC1)N1C(=O)c2cc(Oc3ccc(C(C)C)cc3C)c3c4c(Oc5ccc(C(C)C)cc5C)cc5c6c(cc(Oc7ccc(C(C)C)cc7C)c(c7c(Oc8ccc(C(C)C)cc8C)cc(c2c37)C1=O)c64)C(=O)N(C(OC)C(=O)N1CCN(CC[Si](OC)(OC)OC)CC1)C5=O.